The lowest BCUT2D eigenvalue weighted by atomic mass is 9.69. The molecule has 2 fully saturated rings. The van der Waals surface area contributed by atoms with E-state index in [0.717, 1.165) is 61.2 Å². The van der Waals surface area contributed by atoms with Crippen molar-refractivity contribution < 1.29 is 14.3 Å². The van der Waals surface area contributed by atoms with Gasteiger partial charge in [-0.1, -0.05) is 75.8 Å². The number of unbranched alkanes of at least 4 members (excludes halogenated alkanes) is 3. The average Bonchev–Trinajstić information content (AvgIpc) is 2.92. The second-order valence-corrected chi connectivity index (χ2v) is 11.5. The highest BCUT2D eigenvalue weighted by Crippen LogP contribution is 2.42. The van der Waals surface area contributed by atoms with Crippen molar-refractivity contribution in [2.45, 2.75) is 103 Å². The zero-order valence-electron chi connectivity index (χ0n) is 22.8. The number of hydrogen-bond acceptors (Lipinski definition) is 3. The molecule has 0 spiro atoms. The Hall–Kier alpha value is -1.87. The largest absolute Gasteiger partial charge is 0.426 e. The molecule has 0 heterocycles. The third kappa shape index (κ3) is 7.34. The highest BCUT2D eigenvalue weighted by atomic mass is 16.5. The number of carbonyl (C=O) groups excluding carboxylic acids is 1. The Morgan fingerprint density at radius 2 is 1.47 bits per heavy atom. The maximum Gasteiger partial charge on any atom is 0.314 e. The average molecular weight is 493 g/mol. The predicted octanol–water partition coefficient (Wildman–Crippen LogP) is 8.91. The predicted molar refractivity (Wildman–Crippen MR) is 149 cm³/mol. The van der Waals surface area contributed by atoms with Gasteiger partial charge in [0, 0.05) is 19.1 Å². The van der Waals surface area contributed by atoms with Gasteiger partial charge in [0.15, 0.2) is 0 Å². The maximum absolute atomic E-state index is 13.2. The summed E-state index contributed by atoms with van der Waals surface area (Å²) >= 11 is 0. The van der Waals surface area contributed by atoms with Gasteiger partial charge in [-0.2, -0.15) is 0 Å². The molecule has 2 aromatic carbocycles. The molecule has 2 aromatic rings. The summed E-state index contributed by atoms with van der Waals surface area (Å²) in [7, 11) is 1.77. The van der Waals surface area contributed by atoms with Crippen LogP contribution in [-0.4, -0.2) is 19.7 Å². The van der Waals surface area contributed by atoms with E-state index < -0.39 is 0 Å². The fourth-order valence-electron chi connectivity index (χ4n) is 6.93. The minimum atomic E-state index is -0.0175. The van der Waals surface area contributed by atoms with Gasteiger partial charge in [0.05, 0.1) is 5.92 Å². The van der Waals surface area contributed by atoms with E-state index in [4.69, 9.17) is 9.47 Å². The molecule has 0 aliphatic heterocycles. The second-order valence-electron chi connectivity index (χ2n) is 11.5. The van der Waals surface area contributed by atoms with Crippen molar-refractivity contribution in [1.29, 1.82) is 0 Å². The van der Waals surface area contributed by atoms with Crippen molar-refractivity contribution >= 4 is 16.7 Å². The van der Waals surface area contributed by atoms with Crippen LogP contribution in [0.5, 0.6) is 5.75 Å². The smallest absolute Gasteiger partial charge is 0.314 e. The van der Waals surface area contributed by atoms with E-state index in [2.05, 4.69) is 37.3 Å². The fourth-order valence-corrected chi connectivity index (χ4v) is 6.93. The van der Waals surface area contributed by atoms with E-state index in [9.17, 15) is 4.79 Å². The molecule has 2 saturated carbocycles. The van der Waals surface area contributed by atoms with Crippen LogP contribution in [0.25, 0.3) is 10.8 Å². The van der Waals surface area contributed by atoms with Crippen LogP contribution in [0.2, 0.25) is 0 Å². The SMILES string of the molecule is CCCC1CCC(C2CCC(C(=O)Oc3ccc(CCCCCCOC)c4ccccc34)CC2)CC1. The van der Waals surface area contributed by atoms with Crippen molar-refractivity contribution in [3.8, 4) is 5.75 Å². The lowest BCUT2D eigenvalue weighted by molar-refractivity contribution is -0.140. The molecule has 3 heteroatoms. The summed E-state index contributed by atoms with van der Waals surface area (Å²) in [6.45, 7) is 3.17. The summed E-state index contributed by atoms with van der Waals surface area (Å²) in [4.78, 5) is 13.2. The van der Waals surface area contributed by atoms with Gasteiger partial charge < -0.3 is 9.47 Å². The lowest BCUT2D eigenvalue weighted by Crippen LogP contribution is -2.30. The van der Waals surface area contributed by atoms with Gasteiger partial charge in [-0.05, 0) is 92.6 Å². The topological polar surface area (TPSA) is 35.5 Å². The summed E-state index contributed by atoms with van der Waals surface area (Å²) < 4.78 is 11.2. The van der Waals surface area contributed by atoms with Crippen LogP contribution in [0.1, 0.15) is 102 Å². The maximum atomic E-state index is 13.2. The molecule has 2 aliphatic rings. The zero-order chi connectivity index (χ0) is 25.2. The Kier molecular flexibility index (Phi) is 10.7. The Labute approximate surface area is 219 Å². The number of ether oxygens (including phenoxy) is 2. The van der Waals surface area contributed by atoms with E-state index in [1.807, 2.05) is 6.07 Å². The van der Waals surface area contributed by atoms with Gasteiger partial charge in [0.1, 0.15) is 5.75 Å². The van der Waals surface area contributed by atoms with Gasteiger partial charge in [-0.3, -0.25) is 4.79 Å². The van der Waals surface area contributed by atoms with Crippen LogP contribution in [0, 0.1) is 23.7 Å². The number of hydrogen-bond donors (Lipinski definition) is 0. The first-order valence-electron chi connectivity index (χ1n) is 14.9. The molecule has 0 unspecified atom stereocenters. The van der Waals surface area contributed by atoms with Crippen molar-refractivity contribution in [2.75, 3.05) is 13.7 Å². The van der Waals surface area contributed by atoms with Crippen LogP contribution in [0.15, 0.2) is 36.4 Å². The Balaban J connectivity index is 1.28. The number of esters is 1. The van der Waals surface area contributed by atoms with E-state index in [1.54, 1.807) is 7.11 Å². The van der Waals surface area contributed by atoms with Gasteiger partial charge in [-0.15, -0.1) is 0 Å². The normalized spacial score (nSPS) is 24.6. The van der Waals surface area contributed by atoms with Crippen molar-refractivity contribution in [3.63, 3.8) is 0 Å². The number of carbonyl (C=O) groups is 1. The van der Waals surface area contributed by atoms with Crippen LogP contribution >= 0.6 is 0 Å². The summed E-state index contributed by atoms with van der Waals surface area (Å²) in [5.74, 6) is 3.47. The fraction of sp³-hybridized carbons (Fsp3) is 0.667. The van der Waals surface area contributed by atoms with Crippen molar-refractivity contribution in [3.05, 3.63) is 42.0 Å². The quantitative estimate of drug-likeness (QED) is 0.168. The molecule has 3 nitrogen and oxygen atoms in total. The monoisotopic (exact) mass is 492 g/mol. The molecule has 4 rings (SSSR count). The van der Waals surface area contributed by atoms with Crippen LogP contribution in [0.3, 0.4) is 0 Å². The van der Waals surface area contributed by atoms with Gasteiger partial charge in [0.2, 0.25) is 0 Å². The Morgan fingerprint density at radius 3 is 2.17 bits per heavy atom. The summed E-state index contributed by atoms with van der Waals surface area (Å²) in [6.07, 6.45) is 18.6. The van der Waals surface area contributed by atoms with E-state index in [0.29, 0.717) is 0 Å². The van der Waals surface area contributed by atoms with Crippen LogP contribution < -0.4 is 4.74 Å². The molecule has 0 atom stereocenters. The molecule has 0 radical (unpaired) electrons. The lowest BCUT2D eigenvalue weighted by Gasteiger charge is -2.37. The highest BCUT2D eigenvalue weighted by Gasteiger charge is 2.33. The Morgan fingerprint density at radius 1 is 0.806 bits per heavy atom. The molecule has 0 aromatic heterocycles. The van der Waals surface area contributed by atoms with Crippen molar-refractivity contribution in [2.24, 2.45) is 23.7 Å². The highest BCUT2D eigenvalue weighted by molar-refractivity contribution is 5.93. The molecule has 36 heavy (non-hydrogen) atoms. The second kappa shape index (κ2) is 14.2. The summed E-state index contributed by atoms with van der Waals surface area (Å²) in [5, 5.41) is 2.29. The van der Waals surface area contributed by atoms with Gasteiger partial charge >= 0.3 is 5.97 Å². The van der Waals surface area contributed by atoms with E-state index in [1.165, 1.54) is 81.6 Å². The standard InChI is InChI=1S/C33H48O3/c1-3-10-25-14-16-26(17-15-25)27-18-20-29(21-19-27)33(34)36-32-23-22-28(11-6-4-5-9-24-35-2)30-12-7-8-13-31(30)32/h7-8,12-13,22-23,25-27,29H,3-6,9-11,14-21,24H2,1-2H3. The molecule has 0 amide bonds. The molecular formula is C33H48O3. The first kappa shape index (κ1) is 27.2. The summed E-state index contributed by atoms with van der Waals surface area (Å²) in [6, 6.07) is 12.6. The van der Waals surface area contributed by atoms with E-state index in [-0.39, 0.29) is 11.9 Å². The molecule has 2 aliphatic carbocycles. The number of benzene rings is 2. The molecule has 198 valence electrons. The minimum Gasteiger partial charge on any atom is -0.426 e. The molecule has 0 bridgehead atoms. The van der Waals surface area contributed by atoms with Crippen LogP contribution in [-0.2, 0) is 16.0 Å². The number of fused-ring (bicyclic) bond motifs is 1. The Bertz CT molecular complexity index is 935. The molecule has 0 saturated heterocycles. The minimum absolute atomic E-state index is 0.0175. The number of methoxy groups -OCH3 is 1. The number of aryl methyl sites for hydroxylation is 1. The molecular weight excluding hydrogens is 444 g/mol. The zero-order valence-corrected chi connectivity index (χ0v) is 22.8. The van der Waals surface area contributed by atoms with Gasteiger partial charge in [0.25, 0.3) is 0 Å². The van der Waals surface area contributed by atoms with Crippen LogP contribution in [0.4, 0.5) is 0 Å². The first-order chi connectivity index (χ1) is 17.7. The third-order valence-electron chi connectivity index (χ3n) is 9.09. The van der Waals surface area contributed by atoms with Gasteiger partial charge in [-0.25, -0.2) is 0 Å². The first-order valence-corrected chi connectivity index (χ1v) is 14.9. The third-order valence-corrected chi connectivity index (χ3v) is 9.09. The number of rotatable bonds is 12. The van der Waals surface area contributed by atoms with Crippen molar-refractivity contribution in [1.82, 2.24) is 0 Å². The molecule has 0 N–H and O–H groups in total. The van der Waals surface area contributed by atoms with E-state index >= 15 is 0 Å². The summed E-state index contributed by atoms with van der Waals surface area (Å²) in [5.41, 5.74) is 1.35.